The Morgan fingerprint density at radius 2 is 1.59 bits per heavy atom. The monoisotopic (exact) mass is 308 g/mol. The molecule has 0 unspecified atom stereocenters. The summed E-state index contributed by atoms with van der Waals surface area (Å²) in [7, 11) is 0. The Hall–Kier alpha value is -0.650. The normalized spacial score (nSPS) is 26.3. The van der Waals surface area contributed by atoms with Gasteiger partial charge in [0.25, 0.3) is 0 Å². The van der Waals surface area contributed by atoms with E-state index in [1.54, 1.807) is 0 Å². The molecule has 0 aromatic heterocycles. The fourth-order valence-corrected chi connectivity index (χ4v) is 4.12. The van der Waals surface area contributed by atoms with Gasteiger partial charge in [-0.3, -0.25) is 4.79 Å². The largest absolute Gasteiger partial charge is 0.340 e. The number of nitrogens with one attached hydrogen (secondary N) is 1. The van der Waals surface area contributed by atoms with E-state index in [4.69, 9.17) is 0 Å². The van der Waals surface area contributed by atoms with Crippen LogP contribution in [0.15, 0.2) is 0 Å². The molecule has 0 saturated carbocycles. The van der Waals surface area contributed by atoms with Crippen LogP contribution in [0.25, 0.3) is 0 Å². The molecule has 0 atom stereocenters. The third-order valence-corrected chi connectivity index (χ3v) is 5.58. The van der Waals surface area contributed by atoms with Crippen LogP contribution in [-0.4, -0.2) is 85.6 Å². The van der Waals surface area contributed by atoms with Gasteiger partial charge in [0.2, 0.25) is 5.91 Å². The van der Waals surface area contributed by atoms with Gasteiger partial charge in [0.15, 0.2) is 0 Å². The highest BCUT2D eigenvalue weighted by Crippen LogP contribution is 2.20. The topological polar surface area (TPSA) is 38.8 Å². The lowest BCUT2D eigenvalue weighted by molar-refractivity contribution is -0.132. The number of carbonyl (C=O) groups excluding carboxylic acids is 1. The van der Waals surface area contributed by atoms with Gasteiger partial charge in [-0.05, 0) is 51.9 Å². The van der Waals surface area contributed by atoms with E-state index in [9.17, 15) is 4.79 Å². The number of piperidine rings is 2. The fourth-order valence-electron chi connectivity index (χ4n) is 4.12. The molecule has 3 saturated heterocycles. The van der Waals surface area contributed by atoms with Crippen molar-refractivity contribution in [3.63, 3.8) is 0 Å². The molecule has 0 aliphatic carbocycles. The second-order valence-electron chi connectivity index (χ2n) is 7.05. The standard InChI is InChI=1S/C17H32N4O/c22-17(21-14-7-18-8-15-21)6-13-19-11-4-16(5-12-19)20-9-2-1-3-10-20/h16,18H,1-15H2. The van der Waals surface area contributed by atoms with Gasteiger partial charge in [0.05, 0.1) is 0 Å². The number of amides is 1. The van der Waals surface area contributed by atoms with Gasteiger partial charge in [-0.15, -0.1) is 0 Å². The van der Waals surface area contributed by atoms with Gasteiger partial charge in [-0.1, -0.05) is 6.42 Å². The van der Waals surface area contributed by atoms with Crippen molar-refractivity contribution in [3.8, 4) is 0 Å². The molecule has 1 N–H and O–H groups in total. The summed E-state index contributed by atoms with van der Waals surface area (Å²) < 4.78 is 0. The Morgan fingerprint density at radius 1 is 0.909 bits per heavy atom. The summed E-state index contributed by atoms with van der Waals surface area (Å²) >= 11 is 0. The average Bonchev–Trinajstić information content (AvgIpc) is 2.61. The van der Waals surface area contributed by atoms with Crippen LogP contribution in [-0.2, 0) is 4.79 Å². The molecule has 0 radical (unpaired) electrons. The molecule has 3 heterocycles. The summed E-state index contributed by atoms with van der Waals surface area (Å²) in [6.45, 7) is 9.60. The van der Waals surface area contributed by atoms with Crippen molar-refractivity contribution in [1.82, 2.24) is 20.0 Å². The van der Waals surface area contributed by atoms with Crippen molar-refractivity contribution in [2.75, 3.05) is 58.9 Å². The molecule has 0 aromatic rings. The van der Waals surface area contributed by atoms with Crippen LogP contribution in [0, 0.1) is 0 Å². The summed E-state index contributed by atoms with van der Waals surface area (Å²) in [4.78, 5) is 19.5. The quantitative estimate of drug-likeness (QED) is 0.832. The van der Waals surface area contributed by atoms with Crippen molar-refractivity contribution in [2.24, 2.45) is 0 Å². The van der Waals surface area contributed by atoms with Crippen LogP contribution >= 0.6 is 0 Å². The zero-order valence-electron chi connectivity index (χ0n) is 13.9. The van der Waals surface area contributed by atoms with E-state index in [1.807, 2.05) is 4.90 Å². The first-order valence-corrected chi connectivity index (χ1v) is 9.28. The zero-order chi connectivity index (χ0) is 15.2. The van der Waals surface area contributed by atoms with Gasteiger partial charge in [-0.25, -0.2) is 0 Å². The van der Waals surface area contributed by atoms with Crippen LogP contribution in [0.1, 0.15) is 38.5 Å². The lowest BCUT2D eigenvalue weighted by atomic mass is 10.00. The Morgan fingerprint density at radius 3 is 2.27 bits per heavy atom. The lowest BCUT2D eigenvalue weighted by Gasteiger charge is -2.40. The van der Waals surface area contributed by atoms with Crippen LogP contribution in [0.5, 0.6) is 0 Å². The first-order chi connectivity index (χ1) is 10.8. The summed E-state index contributed by atoms with van der Waals surface area (Å²) in [5.41, 5.74) is 0. The van der Waals surface area contributed by atoms with E-state index in [0.29, 0.717) is 12.3 Å². The fraction of sp³-hybridized carbons (Fsp3) is 0.941. The highest BCUT2D eigenvalue weighted by atomic mass is 16.2. The molecule has 3 fully saturated rings. The summed E-state index contributed by atoms with van der Waals surface area (Å²) in [6, 6.07) is 0.806. The average molecular weight is 308 g/mol. The number of hydrogen-bond acceptors (Lipinski definition) is 4. The molecule has 1 amide bonds. The molecular weight excluding hydrogens is 276 g/mol. The number of carbonyl (C=O) groups is 1. The minimum atomic E-state index is 0.347. The molecule has 126 valence electrons. The molecule has 0 aromatic carbocycles. The maximum absolute atomic E-state index is 12.2. The van der Waals surface area contributed by atoms with Gasteiger partial charge in [-0.2, -0.15) is 0 Å². The Kier molecular flexibility index (Phi) is 6.10. The van der Waals surface area contributed by atoms with Crippen molar-refractivity contribution in [3.05, 3.63) is 0 Å². The van der Waals surface area contributed by atoms with E-state index in [2.05, 4.69) is 15.1 Å². The van der Waals surface area contributed by atoms with Crippen LogP contribution in [0.3, 0.4) is 0 Å². The van der Waals surface area contributed by atoms with Crippen molar-refractivity contribution in [1.29, 1.82) is 0 Å². The van der Waals surface area contributed by atoms with E-state index in [0.717, 1.165) is 38.8 Å². The third-order valence-electron chi connectivity index (χ3n) is 5.58. The van der Waals surface area contributed by atoms with Crippen molar-refractivity contribution >= 4 is 5.91 Å². The summed E-state index contributed by atoms with van der Waals surface area (Å²) in [5.74, 6) is 0.347. The molecule has 22 heavy (non-hydrogen) atoms. The zero-order valence-corrected chi connectivity index (χ0v) is 13.9. The number of likely N-dealkylation sites (tertiary alicyclic amines) is 2. The Balaban J connectivity index is 1.34. The first-order valence-electron chi connectivity index (χ1n) is 9.28. The van der Waals surface area contributed by atoms with Crippen molar-refractivity contribution < 1.29 is 4.79 Å². The first kappa shape index (κ1) is 16.2. The molecule has 5 heteroatoms. The molecule has 5 nitrogen and oxygen atoms in total. The van der Waals surface area contributed by atoms with Crippen LogP contribution in [0.2, 0.25) is 0 Å². The van der Waals surface area contributed by atoms with Gasteiger partial charge in [0.1, 0.15) is 0 Å². The molecule has 3 rings (SSSR count). The second kappa shape index (κ2) is 8.27. The highest BCUT2D eigenvalue weighted by molar-refractivity contribution is 5.76. The highest BCUT2D eigenvalue weighted by Gasteiger charge is 2.26. The lowest BCUT2D eigenvalue weighted by Crippen LogP contribution is -2.49. The van der Waals surface area contributed by atoms with E-state index in [1.165, 1.54) is 58.3 Å². The van der Waals surface area contributed by atoms with Crippen LogP contribution in [0.4, 0.5) is 0 Å². The maximum Gasteiger partial charge on any atom is 0.223 e. The minimum Gasteiger partial charge on any atom is -0.340 e. The van der Waals surface area contributed by atoms with E-state index in [-0.39, 0.29) is 0 Å². The maximum atomic E-state index is 12.2. The summed E-state index contributed by atoms with van der Waals surface area (Å²) in [6.07, 6.45) is 7.49. The molecule has 3 aliphatic rings. The van der Waals surface area contributed by atoms with Crippen molar-refractivity contribution in [2.45, 2.75) is 44.6 Å². The van der Waals surface area contributed by atoms with Gasteiger partial charge in [0, 0.05) is 45.2 Å². The molecule has 0 spiro atoms. The number of nitrogens with zero attached hydrogens (tertiary/aromatic N) is 3. The predicted octanol–water partition coefficient (Wildman–Crippen LogP) is 0.759. The minimum absolute atomic E-state index is 0.347. The number of rotatable bonds is 4. The van der Waals surface area contributed by atoms with Crippen LogP contribution < -0.4 is 5.32 Å². The smallest absolute Gasteiger partial charge is 0.223 e. The van der Waals surface area contributed by atoms with Gasteiger partial charge >= 0.3 is 0 Å². The second-order valence-corrected chi connectivity index (χ2v) is 7.05. The Bertz CT molecular complexity index is 343. The molecule has 3 aliphatic heterocycles. The SMILES string of the molecule is O=C(CCN1CCC(N2CCCCC2)CC1)N1CCNCC1. The number of hydrogen-bond donors (Lipinski definition) is 1. The Labute approximate surface area is 135 Å². The van der Waals surface area contributed by atoms with E-state index >= 15 is 0 Å². The van der Waals surface area contributed by atoms with Gasteiger partial charge < -0.3 is 20.0 Å². The molecule has 0 bridgehead atoms. The third kappa shape index (κ3) is 4.43. The molecular formula is C17H32N4O. The predicted molar refractivity (Wildman–Crippen MR) is 89.0 cm³/mol. The number of piperazine rings is 1. The van der Waals surface area contributed by atoms with E-state index < -0.39 is 0 Å². The summed E-state index contributed by atoms with van der Waals surface area (Å²) in [5, 5.41) is 3.30.